The molecule has 6 nitrogen and oxygen atoms in total. The molecule has 1 aliphatic carbocycles. The van der Waals surface area contributed by atoms with Crippen LogP contribution < -0.4 is 15.1 Å². The van der Waals surface area contributed by atoms with Gasteiger partial charge in [0.25, 0.3) is 5.91 Å². The van der Waals surface area contributed by atoms with E-state index >= 15 is 0 Å². The van der Waals surface area contributed by atoms with Gasteiger partial charge in [-0.3, -0.25) is 4.79 Å². The summed E-state index contributed by atoms with van der Waals surface area (Å²) in [5.41, 5.74) is 1.67. The van der Waals surface area contributed by atoms with E-state index in [1.54, 1.807) is 11.3 Å². The number of esters is 1. The van der Waals surface area contributed by atoms with E-state index in [-0.39, 0.29) is 11.9 Å². The molecule has 1 saturated heterocycles. The second-order valence-corrected chi connectivity index (χ2v) is 8.58. The van der Waals surface area contributed by atoms with Gasteiger partial charge in [-0.15, -0.1) is 11.3 Å². The van der Waals surface area contributed by atoms with Gasteiger partial charge in [0.15, 0.2) is 6.54 Å². The summed E-state index contributed by atoms with van der Waals surface area (Å²) in [6.07, 6.45) is 2.95. The summed E-state index contributed by atoms with van der Waals surface area (Å²) in [6.45, 7) is 6.93. The minimum Gasteiger partial charge on any atom is -0.465 e. The van der Waals surface area contributed by atoms with E-state index in [9.17, 15) is 9.59 Å². The first-order valence-electron chi connectivity index (χ1n) is 9.15. The number of piperazine rings is 1. The fraction of sp³-hybridized carbons (Fsp3) is 0.667. The Morgan fingerprint density at radius 3 is 2.68 bits per heavy atom. The molecule has 0 unspecified atom stereocenters. The van der Waals surface area contributed by atoms with Crippen molar-refractivity contribution in [1.29, 1.82) is 0 Å². The van der Waals surface area contributed by atoms with Gasteiger partial charge < -0.3 is 19.9 Å². The molecule has 0 bridgehead atoms. The summed E-state index contributed by atoms with van der Waals surface area (Å²) < 4.78 is 4.98. The molecule has 25 heavy (non-hydrogen) atoms. The van der Waals surface area contributed by atoms with Crippen LogP contribution in [0.2, 0.25) is 0 Å². The monoisotopic (exact) mass is 367 g/mol. The molecule has 1 aromatic heterocycles. The van der Waals surface area contributed by atoms with Crippen LogP contribution in [0.15, 0.2) is 0 Å². The van der Waals surface area contributed by atoms with Gasteiger partial charge in [-0.25, -0.2) is 4.79 Å². The van der Waals surface area contributed by atoms with Crippen LogP contribution in [-0.4, -0.2) is 58.8 Å². The third-order valence-corrected chi connectivity index (χ3v) is 6.55. The van der Waals surface area contributed by atoms with Gasteiger partial charge in [-0.1, -0.05) is 6.92 Å². The number of carbonyl (C=O) groups excluding carboxylic acids is 2. The molecule has 1 aromatic rings. The van der Waals surface area contributed by atoms with Gasteiger partial charge in [-0.2, -0.15) is 0 Å². The van der Waals surface area contributed by atoms with Gasteiger partial charge in [0.2, 0.25) is 0 Å². The van der Waals surface area contributed by atoms with Crippen LogP contribution in [0.5, 0.6) is 0 Å². The second-order valence-electron chi connectivity index (χ2n) is 7.48. The van der Waals surface area contributed by atoms with Crippen LogP contribution in [0, 0.1) is 5.92 Å². The van der Waals surface area contributed by atoms with E-state index in [0.29, 0.717) is 23.0 Å². The lowest BCUT2D eigenvalue weighted by molar-refractivity contribution is -0.999. The predicted molar refractivity (Wildman–Crippen MR) is 97.7 cm³/mol. The highest BCUT2D eigenvalue weighted by Crippen LogP contribution is 2.39. The topological polar surface area (TPSA) is 64.3 Å². The van der Waals surface area contributed by atoms with Crippen LogP contribution in [-0.2, 0) is 22.4 Å². The zero-order valence-electron chi connectivity index (χ0n) is 15.4. The molecule has 138 valence electrons. The van der Waals surface area contributed by atoms with Crippen LogP contribution >= 0.6 is 11.3 Å². The van der Waals surface area contributed by atoms with Crippen molar-refractivity contribution in [1.82, 2.24) is 0 Å². The van der Waals surface area contributed by atoms with E-state index in [4.69, 9.17) is 4.74 Å². The number of methoxy groups -OCH3 is 1. The van der Waals surface area contributed by atoms with Crippen molar-refractivity contribution in [2.45, 2.75) is 26.2 Å². The molecular formula is C18H29N3O3S+2. The fourth-order valence-electron chi connectivity index (χ4n) is 3.76. The highest BCUT2D eigenvalue weighted by atomic mass is 32.1. The average molecular weight is 368 g/mol. The molecule has 2 heterocycles. The van der Waals surface area contributed by atoms with Crippen LogP contribution in [0.4, 0.5) is 5.00 Å². The minimum atomic E-state index is -0.335. The molecule has 0 saturated carbocycles. The Labute approximate surface area is 153 Å². The highest BCUT2D eigenvalue weighted by Gasteiger charge is 2.30. The number of fused-ring (bicyclic) bond motifs is 1. The number of hydrogen-bond donors (Lipinski definition) is 3. The quantitative estimate of drug-likeness (QED) is 0.599. The zero-order chi connectivity index (χ0) is 18.0. The van der Waals surface area contributed by atoms with Crippen molar-refractivity contribution in [2.75, 3.05) is 52.2 Å². The number of ether oxygens (including phenoxy) is 1. The van der Waals surface area contributed by atoms with Gasteiger partial charge >= 0.3 is 5.97 Å². The molecule has 0 spiro atoms. The van der Waals surface area contributed by atoms with E-state index in [2.05, 4.69) is 19.3 Å². The lowest BCUT2D eigenvalue weighted by Crippen LogP contribution is -3.27. The number of rotatable bonds is 4. The molecule has 3 N–H and O–H groups in total. The molecule has 0 radical (unpaired) electrons. The number of amides is 1. The number of anilines is 1. The van der Waals surface area contributed by atoms with Gasteiger partial charge in [0.1, 0.15) is 31.2 Å². The molecule has 1 amide bonds. The second kappa shape index (κ2) is 7.85. The van der Waals surface area contributed by atoms with E-state index in [1.165, 1.54) is 21.8 Å². The first kappa shape index (κ1) is 18.4. The normalized spacial score (nSPS) is 26.0. The van der Waals surface area contributed by atoms with Crippen molar-refractivity contribution < 1.29 is 24.1 Å². The average Bonchev–Trinajstić information content (AvgIpc) is 2.92. The van der Waals surface area contributed by atoms with E-state index in [1.807, 2.05) is 0 Å². The van der Waals surface area contributed by atoms with E-state index in [0.717, 1.165) is 51.0 Å². The fourth-order valence-corrected chi connectivity index (χ4v) is 5.18. The SMILES string of the molecule is COC(=O)c1c(NC(=O)C[NH+]2CC[NH+](C)CC2)sc2c1CC[C@H](C)C2. The van der Waals surface area contributed by atoms with Crippen molar-refractivity contribution in [2.24, 2.45) is 5.92 Å². The molecule has 7 heteroatoms. The minimum absolute atomic E-state index is 0.00801. The Balaban J connectivity index is 1.73. The maximum absolute atomic E-state index is 12.5. The lowest BCUT2D eigenvalue weighted by Gasteiger charge is -2.26. The van der Waals surface area contributed by atoms with Crippen molar-refractivity contribution >= 4 is 28.2 Å². The smallest absolute Gasteiger partial charge is 0.341 e. The van der Waals surface area contributed by atoms with Gasteiger partial charge in [-0.05, 0) is 30.7 Å². The zero-order valence-corrected chi connectivity index (χ0v) is 16.2. The number of hydrogen-bond acceptors (Lipinski definition) is 4. The van der Waals surface area contributed by atoms with Crippen LogP contribution in [0.25, 0.3) is 0 Å². The number of nitrogens with one attached hydrogen (secondary N) is 3. The Kier molecular flexibility index (Phi) is 5.76. The number of carbonyl (C=O) groups is 2. The molecule has 1 atom stereocenters. The first-order valence-corrected chi connectivity index (χ1v) is 9.97. The van der Waals surface area contributed by atoms with Crippen LogP contribution in [0.1, 0.15) is 34.1 Å². The van der Waals surface area contributed by atoms with Gasteiger partial charge in [0.05, 0.1) is 19.7 Å². The summed E-state index contributed by atoms with van der Waals surface area (Å²) in [6, 6.07) is 0. The summed E-state index contributed by atoms with van der Waals surface area (Å²) in [5.74, 6) is 0.279. The first-order chi connectivity index (χ1) is 12.0. The Morgan fingerprint density at radius 2 is 2.00 bits per heavy atom. The Bertz CT molecular complexity index is 650. The molecule has 0 aromatic carbocycles. The maximum Gasteiger partial charge on any atom is 0.341 e. The number of thiophene rings is 1. The van der Waals surface area contributed by atoms with Crippen molar-refractivity contribution in [3.63, 3.8) is 0 Å². The maximum atomic E-state index is 12.5. The molecule has 2 aliphatic rings. The molecule has 1 aliphatic heterocycles. The Hall–Kier alpha value is -1.44. The number of quaternary nitrogens is 2. The lowest BCUT2D eigenvalue weighted by atomic mass is 9.88. The predicted octanol–water partition coefficient (Wildman–Crippen LogP) is -0.989. The van der Waals surface area contributed by atoms with Crippen LogP contribution in [0.3, 0.4) is 0 Å². The summed E-state index contributed by atoms with van der Waals surface area (Å²) in [5, 5.41) is 3.68. The third-order valence-electron chi connectivity index (χ3n) is 5.38. The molecule has 3 rings (SSSR count). The number of likely N-dealkylation sites (N-methyl/N-ethyl adjacent to an activating group) is 1. The summed E-state index contributed by atoms with van der Waals surface area (Å²) in [7, 11) is 3.59. The highest BCUT2D eigenvalue weighted by molar-refractivity contribution is 7.17. The Morgan fingerprint density at radius 1 is 1.28 bits per heavy atom. The van der Waals surface area contributed by atoms with Gasteiger partial charge in [0, 0.05) is 4.88 Å². The largest absolute Gasteiger partial charge is 0.465 e. The van der Waals surface area contributed by atoms with Crippen molar-refractivity contribution in [3.8, 4) is 0 Å². The standard InChI is InChI=1S/C18H27N3O3S/c1-12-4-5-13-14(10-12)25-17(16(13)18(23)24-3)19-15(22)11-21-8-6-20(2)7-9-21/h12H,4-11H2,1-3H3,(H,19,22)/p+2/t12-/m0/s1. The molecular weight excluding hydrogens is 338 g/mol. The third kappa shape index (κ3) is 4.22. The van der Waals surface area contributed by atoms with Crippen molar-refractivity contribution in [3.05, 3.63) is 16.0 Å². The molecule has 1 fully saturated rings. The van der Waals surface area contributed by atoms with E-state index < -0.39 is 0 Å². The summed E-state index contributed by atoms with van der Waals surface area (Å²) in [4.78, 5) is 28.9. The summed E-state index contributed by atoms with van der Waals surface area (Å²) >= 11 is 1.55.